The fraction of sp³-hybridized carbons (Fsp3) is 0.111. The number of nitrogens with zero attached hydrogens (tertiary/aromatic N) is 2. The Morgan fingerprint density at radius 2 is 1.68 bits per heavy atom. The van der Waals surface area contributed by atoms with Gasteiger partial charge in [0.25, 0.3) is 5.91 Å². The van der Waals surface area contributed by atoms with Gasteiger partial charge < -0.3 is 5.32 Å². The lowest BCUT2D eigenvalue weighted by Gasteiger charge is -2.12. The monoisotopic (exact) mass is 455 g/mol. The first-order valence-electron chi connectivity index (χ1n) is 8.07. The van der Waals surface area contributed by atoms with Crippen LogP contribution in [-0.4, -0.2) is 24.1 Å². The van der Waals surface area contributed by atoms with Crippen molar-refractivity contribution in [1.29, 1.82) is 0 Å². The second-order valence-corrected chi connectivity index (χ2v) is 9.62. The summed E-state index contributed by atoms with van der Waals surface area (Å²) in [4.78, 5) is 12.8. The van der Waals surface area contributed by atoms with Crippen molar-refractivity contribution >= 4 is 56.4 Å². The number of benzene rings is 2. The lowest BCUT2D eigenvalue weighted by atomic mass is 10.2. The predicted octanol–water partition coefficient (Wildman–Crippen LogP) is 4.51. The number of aromatic nitrogens is 2. The van der Waals surface area contributed by atoms with E-state index in [4.69, 9.17) is 34.8 Å². The van der Waals surface area contributed by atoms with E-state index in [-0.39, 0.29) is 27.9 Å². The molecule has 1 N–H and O–H groups in total. The number of amides is 1. The number of hydrogen-bond donors (Lipinski definition) is 1. The van der Waals surface area contributed by atoms with Gasteiger partial charge in [0.05, 0.1) is 33.5 Å². The minimum absolute atomic E-state index is 0.173. The summed E-state index contributed by atoms with van der Waals surface area (Å²) in [5, 5.41) is 8.29. The number of rotatable bonds is 3. The quantitative estimate of drug-likeness (QED) is 0.628. The third kappa shape index (κ3) is 3.63. The molecule has 4 rings (SSSR count). The number of hydrogen-bond acceptors (Lipinski definition) is 4. The molecule has 1 aliphatic rings. The first kappa shape index (κ1) is 19.3. The summed E-state index contributed by atoms with van der Waals surface area (Å²) in [6.45, 7) is 0. The maximum absolute atomic E-state index is 12.8. The molecule has 1 aliphatic heterocycles. The highest BCUT2D eigenvalue weighted by Gasteiger charge is 2.33. The molecular weight excluding hydrogens is 445 g/mol. The molecule has 6 nitrogen and oxygen atoms in total. The highest BCUT2D eigenvalue weighted by Crippen LogP contribution is 2.34. The van der Waals surface area contributed by atoms with Crippen LogP contribution >= 0.6 is 34.8 Å². The van der Waals surface area contributed by atoms with Gasteiger partial charge in [0.15, 0.2) is 9.84 Å². The largest absolute Gasteiger partial charge is 0.306 e. The lowest BCUT2D eigenvalue weighted by Crippen LogP contribution is -2.17. The number of sulfone groups is 1. The molecule has 0 radical (unpaired) electrons. The van der Waals surface area contributed by atoms with Crippen molar-refractivity contribution in [3.63, 3.8) is 0 Å². The number of carbonyl (C=O) groups excluding carboxylic acids is 1. The molecule has 28 heavy (non-hydrogen) atoms. The SMILES string of the molecule is O=C(Nc1c2c(nn1-c1ccc(Cl)cc1)CS(=O)(=O)C2)c1ccc(Cl)cc1Cl. The van der Waals surface area contributed by atoms with Gasteiger partial charge in [0.1, 0.15) is 5.82 Å². The Morgan fingerprint density at radius 1 is 1.00 bits per heavy atom. The summed E-state index contributed by atoms with van der Waals surface area (Å²) < 4.78 is 25.5. The molecule has 0 saturated carbocycles. The number of nitrogens with one attached hydrogen (secondary N) is 1. The topological polar surface area (TPSA) is 81.1 Å². The summed E-state index contributed by atoms with van der Waals surface area (Å²) in [7, 11) is -3.30. The zero-order valence-corrected chi connectivity index (χ0v) is 17.2. The molecule has 1 amide bonds. The van der Waals surface area contributed by atoms with Gasteiger partial charge in [-0.1, -0.05) is 34.8 Å². The Hall–Kier alpha value is -2.06. The van der Waals surface area contributed by atoms with Gasteiger partial charge >= 0.3 is 0 Å². The van der Waals surface area contributed by atoms with Crippen molar-refractivity contribution in [3.05, 3.63) is 74.4 Å². The molecule has 3 aromatic rings. The molecule has 0 atom stereocenters. The first-order chi connectivity index (χ1) is 13.2. The first-order valence-corrected chi connectivity index (χ1v) is 11.0. The number of carbonyl (C=O) groups is 1. The Labute approximate surface area is 175 Å². The normalized spacial score (nSPS) is 14.7. The Bertz CT molecular complexity index is 1200. The fourth-order valence-electron chi connectivity index (χ4n) is 2.99. The van der Waals surface area contributed by atoms with E-state index < -0.39 is 15.7 Å². The molecule has 144 valence electrons. The standard InChI is InChI=1S/C18H12Cl3N3O3S/c19-10-1-4-12(5-2-10)24-17(14-8-28(26,27)9-16(14)23-24)22-18(25)13-6-3-11(20)7-15(13)21/h1-7H,8-9H2,(H,22,25). The second kappa shape index (κ2) is 7.08. The highest BCUT2D eigenvalue weighted by molar-refractivity contribution is 7.90. The van der Waals surface area contributed by atoms with Crippen LogP contribution in [0.4, 0.5) is 5.82 Å². The van der Waals surface area contributed by atoms with Crippen LogP contribution in [0, 0.1) is 0 Å². The molecule has 0 aliphatic carbocycles. The van der Waals surface area contributed by atoms with E-state index in [9.17, 15) is 13.2 Å². The van der Waals surface area contributed by atoms with Crippen molar-refractivity contribution in [2.24, 2.45) is 0 Å². The Morgan fingerprint density at radius 3 is 2.36 bits per heavy atom. The third-order valence-corrected chi connectivity index (χ3v) is 6.51. The average molecular weight is 457 g/mol. The van der Waals surface area contributed by atoms with Crippen molar-refractivity contribution in [2.75, 3.05) is 5.32 Å². The molecule has 1 aromatic heterocycles. The van der Waals surface area contributed by atoms with E-state index >= 15 is 0 Å². The van der Waals surface area contributed by atoms with Crippen LogP contribution in [0.3, 0.4) is 0 Å². The number of anilines is 1. The van der Waals surface area contributed by atoms with E-state index in [2.05, 4.69) is 10.4 Å². The average Bonchev–Trinajstić information content (AvgIpc) is 3.08. The van der Waals surface area contributed by atoms with Crippen molar-refractivity contribution < 1.29 is 13.2 Å². The van der Waals surface area contributed by atoms with E-state index in [0.717, 1.165) is 0 Å². The summed E-state index contributed by atoms with van der Waals surface area (Å²) >= 11 is 17.9. The number of halogens is 3. The molecule has 0 saturated heterocycles. The van der Waals surface area contributed by atoms with Crippen LogP contribution in [0.5, 0.6) is 0 Å². The van der Waals surface area contributed by atoms with Gasteiger partial charge in [0.2, 0.25) is 0 Å². The van der Waals surface area contributed by atoms with Gasteiger partial charge in [-0.05, 0) is 42.5 Å². The molecule has 10 heteroatoms. The van der Waals surface area contributed by atoms with Crippen LogP contribution in [0.1, 0.15) is 21.6 Å². The highest BCUT2D eigenvalue weighted by atomic mass is 35.5. The van der Waals surface area contributed by atoms with Crippen LogP contribution in [0.15, 0.2) is 42.5 Å². The summed E-state index contributed by atoms with van der Waals surface area (Å²) in [6.07, 6.45) is 0. The van der Waals surface area contributed by atoms with Gasteiger partial charge in [-0.15, -0.1) is 0 Å². The molecule has 2 heterocycles. The lowest BCUT2D eigenvalue weighted by molar-refractivity contribution is 0.102. The van der Waals surface area contributed by atoms with Gasteiger partial charge in [-0.25, -0.2) is 13.1 Å². The molecule has 2 aromatic carbocycles. The predicted molar refractivity (Wildman–Crippen MR) is 109 cm³/mol. The van der Waals surface area contributed by atoms with Crippen molar-refractivity contribution in [3.8, 4) is 5.69 Å². The van der Waals surface area contributed by atoms with Gasteiger partial charge in [0, 0.05) is 15.6 Å². The minimum atomic E-state index is -3.30. The molecule has 0 unspecified atom stereocenters. The molecule has 0 bridgehead atoms. The fourth-order valence-corrected chi connectivity index (χ4v) is 5.10. The summed E-state index contributed by atoms with van der Waals surface area (Å²) in [6, 6.07) is 11.3. The maximum atomic E-state index is 12.8. The Kier molecular flexibility index (Phi) is 4.87. The summed E-state index contributed by atoms with van der Waals surface area (Å²) in [5.74, 6) is -0.578. The van der Waals surface area contributed by atoms with E-state index in [1.165, 1.54) is 16.8 Å². The van der Waals surface area contributed by atoms with Crippen molar-refractivity contribution in [1.82, 2.24) is 9.78 Å². The minimum Gasteiger partial charge on any atom is -0.306 e. The third-order valence-electron chi connectivity index (χ3n) is 4.27. The zero-order valence-electron chi connectivity index (χ0n) is 14.1. The second-order valence-electron chi connectivity index (χ2n) is 6.27. The van der Waals surface area contributed by atoms with Crippen molar-refractivity contribution in [2.45, 2.75) is 11.5 Å². The van der Waals surface area contributed by atoms with E-state index in [0.29, 0.717) is 27.0 Å². The van der Waals surface area contributed by atoms with E-state index in [1.54, 1.807) is 30.3 Å². The van der Waals surface area contributed by atoms with Crippen LogP contribution in [0.2, 0.25) is 15.1 Å². The van der Waals surface area contributed by atoms with E-state index in [1.807, 2.05) is 0 Å². The maximum Gasteiger partial charge on any atom is 0.258 e. The van der Waals surface area contributed by atoms with Gasteiger partial charge in [-0.2, -0.15) is 5.10 Å². The van der Waals surface area contributed by atoms with Crippen LogP contribution in [0.25, 0.3) is 5.69 Å². The van der Waals surface area contributed by atoms with Gasteiger partial charge in [-0.3, -0.25) is 4.79 Å². The van der Waals surface area contributed by atoms with Crippen LogP contribution < -0.4 is 5.32 Å². The van der Waals surface area contributed by atoms with Crippen LogP contribution in [-0.2, 0) is 21.3 Å². The molecule has 0 spiro atoms. The molecule has 0 fully saturated rings. The number of fused-ring (bicyclic) bond motifs is 1. The smallest absolute Gasteiger partial charge is 0.258 e. The zero-order chi connectivity index (χ0) is 20.1. The summed E-state index contributed by atoms with van der Waals surface area (Å²) in [5.41, 5.74) is 1.72. The molecular formula is C18H12Cl3N3O3S. The Balaban J connectivity index is 1.78.